The maximum atomic E-state index is 13.6. The van der Waals surface area contributed by atoms with Gasteiger partial charge in [0.1, 0.15) is 5.82 Å². The molecule has 0 aromatic heterocycles. The number of rotatable bonds is 6. The lowest BCUT2D eigenvalue weighted by Crippen LogP contribution is -2.60. The summed E-state index contributed by atoms with van der Waals surface area (Å²) >= 11 is 0. The minimum atomic E-state index is -0.451. The average Bonchev–Trinajstić information content (AvgIpc) is 3.23. The van der Waals surface area contributed by atoms with Gasteiger partial charge >= 0.3 is 0 Å². The Labute approximate surface area is 177 Å². The quantitative estimate of drug-likeness (QED) is 0.747. The number of fused-ring (bicyclic) bond motifs is 1. The van der Waals surface area contributed by atoms with Gasteiger partial charge in [-0.05, 0) is 48.6 Å². The Morgan fingerprint density at radius 1 is 1.13 bits per heavy atom. The molecule has 2 aliphatic rings. The summed E-state index contributed by atoms with van der Waals surface area (Å²) in [5.41, 5.74) is 1.89. The summed E-state index contributed by atoms with van der Waals surface area (Å²) in [6.07, 6.45) is 5.69. The van der Waals surface area contributed by atoms with E-state index in [1.807, 2.05) is 29.2 Å². The average molecular weight is 409 g/mol. The van der Waals surface area contributed by atoms with Gasteiger partial charge in [0.05, 0.1) is 11.5 Å². The van der Waals surface area contributed by atoms with Crippen molar-refractivity contribution in [2.75, 3.05) is 6.54 Å². The first-order valence-electron chi connectivity index (χ1n) is 11.0. The number of nitrogens with zero attached hydrogens (tertiary/aromatic N) is 1. The van der Waals surface area contributed by atoms with Gasteiger partial charge in [0.25, 0.3) is 5.91 Å². The van der Waals surface area contributed by atoms with Gasteiger partial charge in [0.2, 0.25) is 5.91 Å². The van der Waals surface area contributed by atoms with E-state index in [1.54, 1.807) is 12.1 Å². The van der Waals surface area contributed by atoms with Crippen molar-refractivity contribution in [3.8, 4) is 0 Å². The van der Waals surface area contributed by atoms with Crippen LogP contribution in [0.5, 0.6) is 0 Å². The van der Waals surface area contributed by atoms with E-state index in [1.165, 1.54) is 12.1 Å². The van der Waals surface area contributed by atoms with Crippen molar-refractivity contribution < 1.29 is 14.0 Å². The number of carbonyl (C=O) groups is 2. The molecule has 4 nitrogen and oxygen atoms in total. The fourth-order valence-corrected chi connectivity index (χ4v) is 5.20. The highest BCUT2D eigenvalue weighted by molar-refractivity contribution is 6.02. The molecule has 1 fully saturated rings. The van der Waals surface area contributed by atoms with Gasteiger partial charge in [-0.15, -0.1) is 0 Å². The Kier molecular flexibility index (Phi) is 5.89. The molecule has 5 heteroatoms. The predicted octanol–water partition coefficient (Wildman–Crippen LogP) is 4.79. The van der Waals surface area contributed by atoms with Gasteiger partial charge < -0.3 is 10.2 Å². The zero-order valence-corrected chi connectivity index (χ0v) is 17.5. The third kappa shape index (κ3) is 3.62. The molecule has 2 aromatic carbocycles. The summed E-state index contributed by atoms with van der Waals surface area (Å²) in [6, 6.07) is 13.7. The molecule has 0 saturated heterocycles. The topological polar surface area (TPSA) is 49.4 Å². The molecule has 0 bridgehead atoms. The van der Waals surface area contributed by atoms with Crippen LogP contribution in [0.2, 0.25) is 0 Å². The van der Waals surface area contributed by atoms with Crippen LogP contribution >= 0.6 is 0 Å². The maximum Gasteiger partial charge on any atom is 0.254 e. The van der Waals surface area contributed by atoms with E-state index in [2.05, 4.69) is 12.2 Å². The lowest BCUT2D eigenvalue weighted by atomic mass is 9.71. The van der Waals surface area contributed by atoms with Crippen molar-refractivity contribution >= 4 is 11.8 Å². The van der Waals surface area contributed by atoms with E-state index in [0.717, 1.165) is 49.7 Å². The monoisotopic (exact) mass is 408 g/mol. The van der Waals surface area contributed by atoms with Crippen molar-refractivity contribution in [3.05, 3.63) is 71.0 Å². The van der Waals surface area contributed by atoms with Crippen LogP contribution in [0.1, 0.15) is 72.9 Å². The van der Waals surface area contributed by atoms with Gasteiger partial charge in [-0.2, -0.15) is 0 Å². The van der Waals surface area contributed by atoms with E-state index < -0.39 is 5.54 Å². The third-order valence-electron chi connectivity index (χ3n) is 6.67. The van der Waals surface area contributed by atoms with Crippen molar-refractivity contribution in [2.24, 2.45) is 0 Å². The maximum absolute atomic E-state index is 13.6. The van der Waals surface area contributed by atoms with Crippen molar-refractivity contribution in [3.63, 3.8) is 0 Å². The molecule has 2 amide bonds. The SMILES string of the molecule is CCCCN1C(=O)c2ccccc2[C@@H](C(=O)NCc2ccc(F)cc2)C12CCCC2. The predicted molar refractivity (Wildman–Crippen MR) is 115 cm³/mol. The molecule has 1 N–H and O–H groups in total. The van der Waals surface area contributed by atoms with Crippen LogP contribution in [-0.4, -0.2) is 28.8 Å². The van der Waals surface area contributed by atoms with Gasteiger partial charge in [-0.1, -0.05) is 56.5 Å². The fourth-order valence-electron chi connectivity index (χ4n) is 5.20. The molecule has 1 saturated carbocycles. The summed E-state index contributed by atoms with van der Waals surface area (Å²) in [6.45, 7) is 3.15. The second-order valence-electron chi connectivity index (χ2n) is 8.49. The van der Waals surface area contributed by atoms with E-state index in [9.17, 15) is 14.0 Å². The lowest BCUT2D eigenvalue weighted by Gasteiger charge is -2.50. The molecule has 158 valence electrons. The minimum Gasteiger partial charge on any atom is -0.351 e. The first-order chi connectivity index (χ1) is 14.6. The van der Waals surface area contributed by atoms with E-state index >= 15 is 0 Å². The second kappa shape index (κ2) is 8.58. The number of unbranched alkanes of at least 4 members (excludes halogenated alkanes) is 1. The zero-order chi connectivity index (χ0) is 21.1. The van der Waals surface area contributed by atoms with Crippen molar-refractivity contribution in [1.82, 2.24) is 10.2 Å². The molecular weight excluding hydrogens is 379 g/mol. The molecule has 1 atom stereocenters. The van der Waals surface area contributed by atoms with E-state index in [-0.39, 0.29) is 23.5 Å². The summed E-state index contributed by atoms with van der Waals surface area (Å²) < 4.78 is 13.2. The Morgan fingerprint density at radius 3 is 2.53 bits per heavy atom. The molecule has 30 heavy (non-hydrogen) atoms. The van der Waals surface area contributed by atoms with Crippen LogP contribution in [0.3, 0.4) is 0 Å². The highest BCUT2D eigenvalue weighted by atomic mass is 19.1. The standard InChI is InChI=1S/C25H29FN2O2/c1-2-3-16-28-24(30)21-9-5-4-8-20(21)22(25(28)14-6-7-15-25)23(29)27-17-18-10-12-19(26)13-11-18/h4-5,8-13,22H,2-3,6-7,14-17H2,1H3,(H,27,29)/t22-/m0/s1. The second-order valence-corrected chi connectivity index (χ2v) is 8.49. The number of hydrogen-bond acceptors (Lipinski definition) is 2. The summed E-state index contributed by atoms with van der Waals surface area (Å²) in [4.78, 5) is 29.0. The van der Waals surface area contributed by atoms with Crippen LogP contribution in [0.25, 0.3) is 0 Å². The van der Waals surface area contributed by atoms with Crippen molar-refractivity contribution in [2.45, 2.75) is 63.5 Å². The van der Waals surface area contributed by atoms with Crippen LogP contribution in [-0.2, 0) is 11.3 Å². The number of halogens is 1. The van der Waals surface area contributed by atoms with Crippen LogP contribution in [0.15, 0.2) is 48.5 Å². The van der Waals surface area contributed by atoms with Gasteiger partial charge in [-0.3, -0.25) is 9.59 Å². The highest BCUT2D eigenvalue weighted by Crippen LogP contribution is 2.50. The Bertz CT molecular complexity index is 919. The first kappa shape index (κ1) is 20.6. The summed E-state index contributed by atoms with van der Waals surface area (Å²) in [7, 11) is 0. The first-order valence-corrected chi connectivity index (χ1v) is 11.0. The summed E-state index contributed by atoms with van der Waals surface area (Å²) in [5.74, 6) is -0.668. The minimum absolute atomic E-state index is 0.0531. The smallest absolute Gasteiger partial charge is 0.254 e. The fraction of sp³-hybridized carbons (Fsp3) is 0.440. The van der Waals surface area contributed by atoms with E-state index in [0.29, 0.717) is 18.7 Å². The van der Waals surface area contributed by atoms with Crippen LogP contribution in [0.4, 0.5) is 4.39 Å². The molecule has 0 radical (unpaired) electrons. The number of benzene rings is 2. The zero-order valence-electron chi connectivity index (χ0n) is 17.5. The summed E-state index contributed by atoms with van der Waals surface area (Å²) in [5, 5.41) is 3.07. The Morgan fingerprint density at radius 2 is 1.83 bits per heavy atom. The molecular formula is C25H29FN2O2. The molecule has 0 unspecified atom stereocenters. The largest absolute Gasteiger partial charge is 0.351 e. The number of amides is 2. The molecule has 1 aliphatic heterocycles. The number of hydrogen-bond donors (Lipinski definition) is 1. The molecule has 1 spiro atoms. The lowest BCUT2D eigenvalue weighted by molar-refractivity contribution is -0.126. The van der Waals surface area contributed by atoms with Crippen LogP contribution in [0, 0.1) is 5.82 Å². The number of nitrogens with one attached hydrogen (secondary N) is 1. The Hall–Kier alpha value is -2.69. The molecule has 1 heterocycles. The normalized spacial score (nSPS) is 19.7. The molecule has 4 rings (SSSR count). The van der Waals surface area contributed by atoms with Gasteiger partial charge in [0, 0.05) is 18.7 Å². The molecule has 1 aliphatic carbocycles. The van der Waals surface area contributed by atoms with E-state index in [4.69, 9.17) is 0 Å². The van der Waals surface area contributed by atoms with Gasteiger partial charge in [-0.25, -0.2) is 4.39 Å². The third-order valence-corrected chi connectivity index (χ3v) is 6.67. The van der Waals surface area contributed by atoms with Crippen LogP contribution < -0.4 is 5.32 Å². The number of carbonyl (C=O) groups excluding carboxylic acids is 2. The van der Waals surface area contributed by atoms with Gasteiger partial charge in [0.15, 0.2) is 0 Å². The Balaban J connectivity index is 1.68. The highest BCUT2D eigenvalue weighted by Gasteiger charge is 2.55. The van der Waals surface area contributed by atoms with Crippen molar-refractivity contribution in [1.29, 1.82) is 0 Å². The molecule has 2 aromatic rings.